The van der Waals surface area contributed by atoms with Crippen LogP contribution in [0.3, 0.4) is 0 Å². The fraction of sp³-hybridized carbons (Fsp3) is 0.231. The Morgan fingerprint density at radius 3 is 2.58 bits per heavy atom. The van der Waals surface area contributed by atoms with Gasteiger partial charge in [0.15, 0.2) is 0 Å². The van der Waals surface area contributed by atoms with Crippen LogP contribution in [-0.4, -0.2) is 29.2 Å². The van der Waals surface area contributed by atoms with Crippen molar-refractivity contribution in [1.29, 1.82) is 5.26 Å². The van der Waals surface area contributed by atoms with Gasteiger partial charge < -0.3 is 0 Å². The number of hydrogen-bond donors (Lipinski definition) is 0. The number of hydrogen-bond acceptors (Lipinski definition) is 5. The summed E-state index contributed by atoms with van der Waals surface area (Å²) in [5, 5.41) is 10.0. The van der Waals surface area contributed by atoms with Crippen LogP contribution in [-0.2, 0) is 5.32 Å². The molecule has 2 rings (SSSR count). The first-order valence-corrected chi connectivity index (χ1v) is 7.46. The second-order valence-electron chi connectivity index (χ2n) is 3.67. The standard InChI is InChI=1S/C13H11NO4Se/c1-16-11-4-9-8(6-19-7-14)3-13(15)18-10(9)5-12(11)17-2/h3-5H,6H2,1-2H3. The maximum atomic E-state index is 11.5. The van der Waals surface area contributed by atoms with Crippen molar-refractivity contribution in [3.05, 3.63) is 34.2 Å². The predicted octanol–water partition coefficient (Wildman–Crippen LogP) is 1.50. The van der Waals surface area contributed by atoms with Gasteiger partial charge in [0.2, 0.25) is 0 Å². The van der Waals surface area contributed by atoms with E-state index in [0.29, 0.717) is 22.4 Å². The average Bonchev–Trinajstić information content (AvgIpc) is 2.43. The molecule has 1 aromatic heterocycles. The second kappa shape index (κ2) is 5.79. The molecule has 0 N–H and O–H groups in total. The van der Waals surface area contributed by atoms with Gasteiger partial charge in [0.25, 0.3) is 0 Å². The quantitative estimate of drug-likeness (QED) is 0.629. The molecule has 1 heterocycles. The molecule has 0 unspecified atom stereocenters. The van der Waals surface area contributed by atoms with Gasteiger partial charge in [-0.1, -0.05) is 0 Å². The summed E-state index contributed by atoms with van der Waals surface area (Å²) in [6.45, 7) is 0. The first kappa shape index (κ1) is 13.5. The minimum absolute atomic E-state index is 0.201. The fourth-order valence-corrected chi connectivity index (χ4v) is 2.75. The number of rotatable bonds is 4. The molecule has 6 heteroatoms. The zero-order chi connectivity index (χ0) is 13.8. The zero-order valence-corrected chi connectivity index (χ0v) is 12.1. The molecule has 5 nitrogen and oxygen atoms in total. The fourth-order valence-electron chi connectivity index (χ4n) is 1.78. The molecule has 0 radical (unpaired) electrons. The number of benzene rings is 1. The van der Waals surface area contributed by atoms with E-state index in [2.05, 4.69) is 4.97 Å². The van der Waals surface area contributed by atoms with Gasteiger partial charge in [0.05, 0.1) is 0 Å². The first-order chi connectivity index (χ1) is 9.19. The molecule has 0 saturated carbocycles. The molecule has 0 bridgehead atoms. The van der Waals surface area contributed by atoms with Crippen molar-refractivity contribution >= 4 is 25.9 Å². The van der Waals surface area contributed by atoms with Gasteiger partial charge in [0, 0.05) is 0 Å². The Morgan fingerprint density at radius 1 is 1.26 bits per heavy atom. The van der Waals surface area contributed by atoms with Crippen molar-refractivity contribution in [2.24, 2.45) is 0 Å². The van der Waals surface area contributed by atoms with Crippen LogP contribution in [0.2, 0.25) is 0 Å². The number of methoxy groups -OCH3 is 2. The molecule has 0 spiro atoms. The Balaban J connectivity index is 2.69. The van der Waals surface area contributed by atoms with Crippen molar-refractivity contribution in [2.45, 2.75) is 5.32 Å². The van der Waals surface area contributed by atoms with Crippen molar-refractivity contribution in [2.75, 3.05) is 14.2 Å². The van der Waals surface area contributed by atoms with Crippen LogP contribution >= 0.6 is 0 Å². The third-order valence-electron chi connectivity index (χ3n) is 2.63. The van der Waals surface area contributed by atoms with E-state index < -0.39 is 5.63 Å². The Hall–Kier alpha value is -1.96. The van der Waals surface area contributed by atoms with E-state index >= 15 is 0 Å². The van der Waals surface area contributed by atoms with E-state index in [0.717, 1.165) is 10.9 Å². The number of fused-ring (bicyclic) bond motifs is 1. The van der Waals surface area contributed by atoms with E-state index in [1.54, 1.807) is 19.2 Å². The van der Waals surface area contributed by atoms with Gasteiger partial charge in [-0.15, -0.1) is 0 Å². The second-order valence-corrected chi connectivity index (χ2v) is 5.27. The molecular weight excluding hydrogens is 313 g/mol. The van der Waals surface area contributed by atoms with Crippen molar-refractivity contribution in [1.82, 2.24) is 0 Å². The summed E-state index contributed by atoms with van der Waals surface area (Å²) in [5.74, 6) is 1.07. The predicted molar refractivity (Wildman–Crippen MR) is 70.7 cm³/mol. The molecule has 19 heavy (non-hydrogen) atoms. The average molecular weight is 324 g/mol. The van der Waals surface area contributed by atoms with Gasteiger partial charge in [0.1, 0.15) is 0 Å². The van der Waals surface area contributed by atoms with E-state index in [1.807, 2.05) is 0 Å². The molecule has 98 valence electrons. The Kier molecular flexibility index (Phi) is 4.10. The van der Waals surface area contributed by atoms with Gasteiger partial charge in [-0.05, 0) is 0 Å². The van der Waals surface area contributed by atoms with Crippen molar-refractivity contribution < 1.29 is 13.9 Å². The van der Waals surface area contributed by atoms with E-state index in [1.165, 1.54) is 13.2 Å². The third kappa shape index (κ3) is 2.73. The summed E-state index contributed by atoms with van der Waals surface area (Å²) < 4.78 is 15.6. The summed E-state index contributed by atoms with van der Waals surface area (Å²) in [6, 6.07) is 4.81. The van der Waals surface area contributed by atoms with Crippen LogP contribution < -0.4 is 15.1 Å². The number of ether oxygens (including phenoxy) is 2. The molecule has 1 aromatic carbocycles. The van der Waals surface area contributed by atoms with Gasteiger partial charge >= 0.3 is 115 Å². The van der Waals surface area contributed by atoms with Crippen LogP contribution in [0.1, 0.15) is 5.56 Å². The molecule has 0 atom stereocenters. The van der Waals surface area contributed by atoms with Crippen LogP contribution in [0.4, 0.5) is 0 Å². The Bertz CT molecular complexity index is 702. The Labute approximate surface area is 115 Å². The van der Waals surface area contributed by atoms with E-state index in [4.69, 9.17) is 19.2 Å². The van der Waals surface area contributed by atoms with Gasteiger partial charge in [-0.2, -0.15) is 0 Å². The monoisotopic (exact) mass is 325 g/mol. The van der Waals surface area contributed by atoms with E-state index in [9.17, 15) is 4.79 Å². The third-order valence-corrected chi connectivity index (χ3v) is 3.85. The maximum absolute atomic E-state index is 11.5. The summed E-state index contributed by atoms with van der Waals surface area (Å²) in [6.07, 6.45) is 0. The zero-order valence-electron chi connectivity index (χ0n) is 10.4. The summed E-state index contributed by atoms with van der Waals surface area (Å²) in [7, 11) is 3.06. The minimum atomic E-state index is -0.427. The van der Waals surface area contributed by atoms with Crippen LogP contribution in [0.15, 0.2) is 27.4 Å². The molecule has 0 aliphatic rings. The molecule has 0 aliphatic heterocycles. The van der Waals surface area contributed by atoms with Crippen LogP contribution in [0.25, 0.3) is 11.0 Å². The summed E-state index contributed by atoms with van der Waals surface area (Å²) in [4.78, 5) is 13.6. The first-order valence-electron chi connectivity index (χ1n) is 5.39. The summed E-state index contributed by atoms with van der Waals surface area (Å²) >= 11 is -0.201. The number of nitrogens with zero attached hydrogens (tertiary/aromatic N) is 1. The van der Waals surface area contributed by atoms with Crippen molar-refractivity contribution in [3.8, 4) is 16.5 Å². The SMILES string of the molecule is COc1cc2oc(=O)cc(C[Se]C#N)c2cc1OC. The molecule has 0 fully saturated rings. The summed E-state index contributed by atoms with van der Waals surface area (Å²) in [5.41, 5.74) is 0.811. The Morgan fingerprint density at radius 2 is 1.95 bits per heavy atom. The molecule has 2 aromatic rings. The number of nitriles is 1. The van der Waals surface area contributed by atoms with Gasteiger partial charge in [-0.25, -0.2) is 0 Å². The topological polar surface area (TPSA) is 72.5 Å². The molecular formula is C13H11NO4Se. The van der Waals surface area contributed by atoms with Gasteiger partial charge in [-0.3, -0.25) is 0 Å². The van der Waals surface area contributed by atoms with E-state index in [-0.39, 0.29) is 15.0 Å². The molecule has 0 saturated heterocycles. The normalized spacial score (nSPS) is 10.2. The molecule has 0 aliphatic carbocycles. The van der Waals surface area contributed by atoms with Crippen LogP contribution in [0, 0.1) is 10.2 Å². The van der Waals surface area contributed by atoms with Crippen molar-refractivity contribution in [3.63, 3.8) is 0 Å². The van der Waals surface area contributed by atoms with Crippen LogP contribution in [0.5, 0.6) is 11.5 Å². The molecule has 0 amide bonds.